The minimum Gasteiger partial charge on any atom is -0.348 e. The lowest BCUT2D eigenvalue weighted by Crippen LogP contribution is -2.47. The number of rotatable bonds is 7. The van der Waals surface area contributed by atoms with Crippen molar-refractivity contribution in [3.05, 3.63) is 48.3 Å². The molecule has 0 spiro atoms. The van der Waals surface area contributed by atoms with Crippen LogP contribution in [0.25, 0.3) is 0 Å². The third-order valence-electron chi connectivity index (χ3n) is 5.34. The monoisotopic (exact) mass is 411 g/mol. The van der Waals surface area contributed by atoms with Gasteiger partial charge in [-0.05, 0) is 38.2 Å². The maximum absolute atomic E-state index is 12.4. The van der Waals surface area contributed by atoms with Gasteiger partial charge in [0.05, 0.1) is 11.9 Å². The molecule has 1 aliphatic rings. The summed E-state index contributed by atoms with van der Waals surface area (Å²) in [5.41, 5.74) is 1.88. The summed E-state index contributed by atoms with van der Waals surface area (Å²) < 4.78 is 1.75. The van der Waals surface area contributed by atoms with Crippen molar-refractivity contribution in [2.24, 2.45) is 5.92 Å². The molecule has 2 heterocycles. The normalized spacial score (nSPS) is 14.4. The van der Waals surface area contributed by atoms with Gasteiger partial charge in [0, 0.05) is 38.3 Å². The van der Waals surface area contributed by atoms with E-state index in [4.69, 9.17) is 0 Å². The van der Waals surface area contributed by atoms with Crippen LogP contribution in [0.1, 0.15) is 31.7 Å². The highest BCUT2D eigenvalue weighted by Crippen LogP contribution is 2.19. The van der Waals surface area contributed by atoms with Crippen molar-refractivity contribution in [1.29, 1.82) is 0 Å². The van der Waals surface area contributed by atoms with Gasteiger partial charge in [0.2, 0.25) is 5.91 Å². The molecule has 0 saturated carbocycles. The van der Waals surface area contributed by atoms with Gasteiger partial charge in [-0.2, -0.15) is 5.10 Å². The second-order valence-corrected chi connectivity index (χ2v) is 7.49. The number of piperidine rings is 1. The summed E-state index contributed by atoms with van der Waals surface area (Å²) in [7, 11) is 0. The van der Waals surface area contributed by atoms with Crippen LogP contribution in [0.2, 0.25) is 0 Å². The second-order valence-electron chi connectivity index (χ2n) is 7.49. The molecule has 1 aromatic carbocycles. The van der Waals surface area contributed by atoms with Crippen molar-refractivity contribution >= 4 is 23.4 Å². The number of hydrogen-bond donors (Lipinski definition) is 2. The second kappa shape index (κ2) is 10.6. The van der Waals surface area contributed by atoms with Gasteiger partial charge in [-0.1, -0.05) is 30.3 Å². The van der Waals surface area contributed by atoms with Gasteiger partial charge in [0.1, 0.15) is 0 Å². The molecule has 0 atom stereocenters. The van der Waals surface area contributed by atoms with Gasteiger partial charge in [-0.3, -0.25) is 19.1 Å². The first kappa shape index (κ1) is 21.5. The molecule has 0 unspecified atom stereocenters. The number of benzene rings is 1. The van der Waals surface area contributed by atoms with Crippen LogP contribution in [-0.2, 0) is 27.3 Å². The molecule has 8 nitrogen and oxygen atoms in total. The van der Waals surface area contributed by atoms with Crippen LogP contribution >= 0.6 is 0 Å². The molecule has 30 heavy (non-hydrogen) atoms. The van der Waals surface area contributed by atoms with E-state index < -0.39 is 11.8 Å². The summed E-state index contributed by atoms with van der Waals surface area (Å²) in [6.45, 7) is 3.99. The highest BCUT2D eigenvalue weighted by Gasteiger charge is 2.30. The van der Waals surface area contributed by atoms with Crippen LogP contribution in [0, 0.1) is 5.92 Å². The van der Waals surface area contributed by atoms with Crippen molar-refractivity contribution < 1.29 is 14.4 Å². The van der Waals surface area contributed by atoms with Crippen molar-refractivity contribution in [3.63, 3.8) is 0 Å². The van der Waals surface area contributed by atoms with E-state index in [1.165, 1.54) is 10.5 Å². The Hall–Kier alpha value is -3.16. The number of likely N-dealkylation sites (tertiary alicyclic amines) is 1. The van der Waals surface area contributed by atoms with E-state index in [2.05, 4.69) is 15.7 Å². The molecule has 1 fully saturated rings. The van der Waals surface area contributed by atoms with E-state index in [-0.39, 0.29) is 11.8 Å². The van der Waals surface area contributed by atoms with Gasteiger partial charge in [-0.25, -0.2) is 0 Å². The Labute approximate surface area is 176 Å². The lowest BCUT2D eigenvalue weighted by molar-refractivity contribution is -0.147. The zero-order chi connectivity index (χ0) is 21.3. The molecule has 3 amide bonds. The van der Waals surface area contributed by atoms with Crippen LogP contribution < -0.4 is 10.6 Å². The molecule has 1 saturated heterocycles. The first-order chi connectivity index (χ1) is 14.6. The first-order valence-corrected chi connectivity index (χ1v) is 10.5. The van der Waals surface area contributed by atoms with E-state index in [1.54, 1.807) is 17.1 Å². The predicted octanol–water partition coefficient (Wildman–Crippen LogP) is 1.83. The Morgan fingerprint density at radius 1 is 1.13 bits per heavy atom. The number of aromatic nitrogens is 2. The zero-order valence-corrected chi connectivity index (χ0v) is 17.3. The first-order valence-electron chi connectivity index (χ1n) is 10.5. The Morgan fingerprint density at radius 2 is 1.87 bits per heavy atom. The summed E-state index contributed by atoms with van der Waals surface area (Å²) in [6, 6.07) is 10.0. The van der Waals surface area contributed by atoms with Gasteiger partial charge in [-0.15, -0.1) is 0 Å². The van der Waals surface area contributed by atoms with Gasteiger partial charge < -0.3 is 15.5 Å². The SMILES string of the molecule is CCn1cc(NC(=O)C2CCN(C(=O)C(=O)NCCCc3ccccc3)CC2)cn1. The zero-order valence-electron chi connectivity index (χ0n) is 17.3. The fourth-order valence-electron chi connectivity index (χ4n) is 3.55. The number of carbonyl (C=O) groups is 3. The van der Waals surface area contributed by atoms with E-state index >= 15 is 0 Å². The average Bonchev–Trinajstić information content (AvgIpc) is 3.24. The fourth-order valence-corrected chi connectivity index (χ4v) is 3.55. The van der Waals surface area contributed by atoms with E-state index in [1.807, 2.05) is 37.3 Å². The number of aryl methyl sites for hydroxylation is 2. The minimum atomic E-state index is -0.571. The summed E-state index contributed by atoms with van der Waals surface area (Å²) in [5.74, 6) is -1.33. The summed E-state index contributed by atoms with van der Waals surface area (Å²) in [5, 5.41) is 9.72. The standard InChI is InChI=1S/C22H29N5O3/c1-2-27-16-19(15-24-27)25-20(28)18-10-13-26(14-11-18)22(30)21(29)23-12-6-9-17-7-4-3-5-8-17/h3-5,7-8,15-16,18H,2,6,9-14H2,1H3,(H,23,29)(H,25,28). The van der Waals surface area contributed by atoms with Crippen molar-refractivity contribution in [2.45, 2.75) is 39.2 Å². The molecule has 1 aliphatic heterocycles. The molecular formula is C22H29N5O3. The molecule has 0 radical (unpaired) electrons. The molecule has 3 rings (SSSR count). The fraction of sp³-hybridized carbons (Fsp3) is 0.455. The topological polar surface area (TPSA) is 96.3 Å². The van der Waals surface area contributed by atoms with Crippen LogP contribution in [0.15, 0.2) is 42.7 Å². The van der Waals surface area contributed by atoms with Gasteiger partial charge in [0.25, 0.3) is 0 Å². The third-order valence-corrected chi connectivity index (χ3v) is 5.34. The summed E-state index contributed by atoms with van der Waals surface area (Å²) in [6.07, 6.45) is 6.13. The number of nitrogens with zero attached hydrogens (tertiary/aromatic N) is 3. The van der Waals surface area contributed by atoms with Crippen molar-refractivity contribution in [3.8, 4) is 0 Å². The molecule has 2 aromatic rings. The molecule has 160 valence electrons. The van der Waals surface area contributed by atoms with Gasteiger partial charge in [0.15, 0.2) is 0 Å². The Bertz CT molecular complexity index is 857. The largest absolute Gasteiger partial charge is 0.348 e. The molecule has 8 heteroatoms. The average molecular weight is 412 g/mol. The molecular weight excluding hydrogens is 382 g/mol. The lowest BCUT2D eigenvalue weighted by Gasteiger charge is -2.30. The predicted molar refractivity (Wildman–Crippen MR) is 114 cm³/mol. The number of hydrogen-bond acceptors (Lipinski definition) is 4. The lowest BCUT2D eigenvalue weighted by atomic mass is 9.95. The van der Waals surface area contributed by atoms with E-state index in [0.29, 0.717) is 38.2 Å². The molecule has 0 aliphatic carbocycles. The summed E-state index contributed by atoms with van der Waals surface area (Å²) >= 11 is 0. The molecule has 1 aromatic heterocycles. The number of nitrogens with one attached hydrogen (secondary N) is 2. The van der Waals surface area contributed by atoms with E-state index in [9.17, 15) is 14.4 Å². The van der Waals surface area contributed by atoms with Crippen molar-refractivity contribution in [2.75, 3.05) is 25.0 Å². The number of amides is 3. The van der Waals surface area contributed by atoms with Crippen LogP contribution in [0.3, 0.4) is 0 Å². The van der Waals surface area contributed by atoms with Crippen LogP contribution in [0.4, 0.5) is 5.69 Å². The summed E-state index contributed by atoms with van der Waals surface area (Å²) in [4.78, 5) is 38.5. The number of carbonyl (C=O) groups excluding carboxylic acids is 3. The molecule has 2 N–H and O–H groups in total. The van der Waals surface area contributed by atoms with Crippen LogP contribution in [0.5, 0.6) is 0 Å². The maximum atomic E-state index is 12.4. The highest BCUT2D eigenvalue weighted by molar-refractivity contribution is 6.35. The quantitative estimate of drug-likeness (QED) is 0.537. The maximum Gasteiger partial charge on any atom is 0.311 e. The van der Waals surface area contributed by atoms with E-state index in [0.717, 1.165) is 19.4 Å². The smallest absolute Gasteiger partial charge is 0.311 e. The highest BCUT2D eigenvalue weighted by atomic mass is 16.2. The number of anilines is 1. The Kier molecular flexibility index (Phi) is 7.59. The Morgan fingerprint density at radius 3 is 2.53 bits per heavy atom. The minimum absolute atomic E-state index is 0.0666. The Balaban J connectivity index is 1.36. The van der Waals surface area contributed by atoms with Crippen molar-refractivity contribution in [1.82, 2.24) is 20.0 Å². The van der Waals surface area contributed by atoms with Gasteiger partial charge >= 0.3 is 11.8 Å². The third kappa shape index (κ3) is 5.92. The molecule has 0 bridgehead atoms. The van der Waals surface area contributed by atoms with Crippen LogP contribution in [-0.4, -0.2) is 52.0 Å².